The molecule has 0 aliphatic carbocycles. The molecular formula is C19H20N2O6S. The van der Waals surface area contributed by atoms with Gasteiger partial charge in [0.25, 0.3) is 0 Å². The molecule has 0 spiro atoms. The van der Waals surface area contributed by atoms with Gasteiger partial charge in [-0.3, -0.25) is 19.7 Å². The zero-order valence-corrected chi connectivity index (χ0v) is 16.0. The number of amides is 1. The minimum Gasteiger partial charge on any atom is -0.491 e. The minimum atomic E-state index is -0.898. The van der Waals surface area contributed by atoms with Gasteiger partial charge in [-0.15, -0.1) is 0 Å². The lowest BCUT2D eigenvalue weighted by Crippen LogP contribution is -2.10. The number of carbonyl (C=O) groups is 2. The Hall–Kier alpha value is -3.20. The number of nitro groups is 1. The average Bonchev–Trinajstić information content (AvgIpc) is 3.13. The second-order valence-corrected chi connectivity index (χ2v) is 6.92. The van der Waals surface area contributed by atoms with Crippen LogP contribution in [0.25, 0.3) is 6.08 Å². The lowest BCUT2D eigenvalue weighted by atomic mass is 10.1. The maximum absolute atomic E-state index is 12.3. The molecular weight excluding hydrogens is 384 g/mol. The molecule has 0 atom stereocenters. The van der Waals surface area contributed by atoms with Gasteiger partial charge in [0, 0.05) is 23.4 Å². The molecule has 9 heteroatoms. The van der Waals surface area contributed by atoms with Gasteiger partial charge in [-0.05, 0) is 42.7 Å². The van der Waals surface area contributed by atoms with Crippen molar-refractivity contribution in [1.29, 1.82) is 0 Å². The number of carboxylic acid groups (broad SMARTS) is 1. The molecule has 2 N–H and O–H groups in total. The first kappa shape index (κ1) is 21.1. The summed E-state index contributed by atoms with van der Waals surface area (Å²) < 4.78 is 5.63. The Balaban J connectivity index is 2.12. The highest BCUT2D eigenvalue weighted by Crippen LogP contribution is 2.28. The number of aryl methyl sites for hydroxylation is 1. The third kappa shape index (κ3) is 6.51. The Morgan fingerprint density at radius 3 is 2.75 bits per heavy atom. The molecule has 1 aromatic carbocycles. The fourth-order valence-corrected chi connectivity index (χ4v) is 3.01. The molecule has 2 rings (SSSR count). The number of nitrogens with one attached hydrogen (secondary N) is 1. The van der Waals surface area contributed by atoms with E-state index in [1.807, 2.05) is 6.92 Å². The number of rotatable bonds is 10. The average molecular weight is 404 g/mol. The summed E-state index contributed by atoms with van der Waals surface area (Å²) in [6.07, 6.45) is 3.89. The van der Waals surface area contributed by atoms with Gasteiger partial charge in [0.1, 0.15) is 5.75 Å². The number of hydrogen-bond acceptors (Lipinski definition) is 6. The third-order valence-corrected chi connectivity index (χ3v) is 4.58. The van der Waals surface area contributed by atoms with E-state index in [2.05, 4.69) is 5.32 Å². The highest BCUT2D eigenvalue weighted by molar-refractivity contribution is 7.16. The topological polar surface area (TPSA) is 119 Å². The van der Waals surface area contributed by atoms with Crippen molar-refractivity contribution in [2.45, 2.75) is 26.2 Å². The summed E-state index contributed by atoms with van der Waals surface area (Å²) in [7, 11) is 0. The lowest BCUT2D eigenvalue weighted by Gasteiger charge is -2.13. The number of hydrogen-bond donors (Lipinski definition) is 2. The van der Waals surface area contributed by atoms with Gasteiger partial charge < -0.3 is 15.2 Å². The first-order valence-electron chi connectivity index (χ1n) is 8.60. The van der Waals surface area contributed by atoms with Gasteiger partial charge in [0.15, 0.2) is 0 Å². The van der Waals surface area contributed by atoms with Gasteiger partial charge in [0.2, 0.25) is 5.91 Å². The van der Waals surface area contributed by atoms with E-state index in [1.54, 1.807) is 24.3 Å². The third-order valence-electron chi connectivity index (χ3n) is 3.58. The standard InChI is InChI=1S/C19H20N2O6S/c1-2-11-27-16-7-3-13(4-10-19(23)24)12-15(16)20-17(22)8-5-14-6-9-18(28-14)21(25)26/h3,5-9,12H,2,4,10-11H2,1H3,(H,20,22)(H,23,24)/b8-5+. The van der Waals surface area contributed by atoms with Gasteiger partial charge >= 0.3 is 11.0 Å². The molecule has 0 fully saturated rings. The van der Waals surface area contributed by atoms with Crippen LogP contribution in [0.1, 0.15) is 30.2 Å². The number of carbonyl (C=O) groups excluding carboxylic acids is 1. The monoisotopic (exact) mass is 404 g/mol. The largest absolute Gasteiger partial charge is 0.491 e. The highest BCUT2D eigenvalue weighted by Gasteiger charge is 2.10. The fraction of sp³-hybridized carbons (Fsp3) is 0.263. The number of anilines is 1. The second kappa shape index (κ2) is 10.2. The molecule has 0 saturated heterocycles. The molecule has 28 heavy (non-hydrogen) atoms. The molecule has 2 aromatic rings. The molecule has 8 nitrogen and oxygen atoms in total. The summed E-state index contributed by atoms with van der Waals surface area (Å²) in [4.78, 5) is 33.8. The van der Waals surface area contributed by atoms with E-state index >= 15 is 0 Å². The Bertz CT molecular complexity index is 890. The summed E-state index contributed by atoms with van der Waals surface area (Å²) in [6, 6.07) is 8.11. The zero-order valence-electron chi connectivity index (χ0n) is 15.2. The Morgan fingerprint density at radius 2 is 2.11 bits per heavy atom. The van der Waals surface area contributed by atoms with Crippen LogP contribution >= 0.6 is 11.3 Å². The highest BCUT2D eigenvalue weighted by atomic mass is 32.1. The van der Waals surface area contributed by atoms with Crippen LogP contribution in [-0.2, 0) is 16.0 Å². The van der Waals surface area contributed by atoms with Crippen LogP contribution in [-0.4, -0.2) is 28.5 Å². The van der Waals surface area contributed by atoms with E-state index in [9.17, 15) is 19.7 Å². The van der Waals surface area contributed by atoms with Crippen LogP contribution in [0.4, 0.5) is 10.7 Å². The van der Waals surface area contributed by atoms with E-state index in [4.69, 9.17) is 9.84 Å². The van der Waals surface area contributed by atoms with E-state index in [0.29, 0.717) is 29.3 Å². The van der Waals surface area contributed by atoms with Crippen LogP contribution < -0.4 is 10.1 Å². The second-order valence-electron chi connectivity index (χ2n) is 5.83. The summed E-state index contributed by atoms with van der Waals surface area (Å²) in [5, 5.41) is 22.3. The maximum atomic E-state index is 12.3. The van der Waals surface area contributed by atoms with Crippen molar-refractivity contribution >= 4 is 40.0 Å². The molecule has 1 amide bonds. The predicted molar refractivity (Wildman–Crippen MR) is 107 cm³/mol. The molecule has 0 radical (unpaired) electrons. The van der Waals surface area contributed by atoms with Crippen LogP contribution in [0, 0.1) is 10.1 Å². The van der Waals surface area contributed by atoms with Crippen molar-refractivity contribution in [2.75, 3.05) is 11.9 Å². The smallest absolute Gasteiger partial charge is 0.324 e. The van der Waals surface area contributed by atoms with Gasteiger partial charge in [-0.1, -0.05) is 24.3 Å². The Kier molecular flexibility index (Phi) is 7.70. The molecule has 148 valence electrons. The number of thiophene rings is 1. The molecule has 0 aliphatic rings. The van der Waals surface area contributed by atoms with Crippen molar-refractivity contribution in [3.8, 4) is 5.75 Å². The van der Waals surface area contributed by atoms with E-state index in [1.165, 1.54) is 18.2 Å². The van der Waals surface area contributed by atoms with Crippen LogP contribution in [0.2, 0.25) is 0 Å². The summed E-state index contributed by atoms with van der Waals surface area (Å²) in [6.45, 7) is 2.44. The van der Waals surface area contributed by atoms with Gasteiger partial charge in [0.05, 0.1) is 17.2 Å². The minimum absolute atomic E-state index is 0.00133. The fourth-order valence-electron chi connectivity index (χ4n) is 2.28. The van der Waals surface area contributed by atoms with E-state index < -0.39 is 16.8 Å². The number of ether oxygens (including phenoxy) is 1. The number of carboxylic acids is 1. The van der Waals surface area contributed by atoms with Gasteiger partial charge in [-0.2, -0.15) is 0 Å². The predicted octanol–water partition coefficient (Wildman–Crippen LogP) is 4.11. The zero-order chi connectivity index (χ0) is 20.5. The van der Waals surface area contributed by atoms with Gasteiger partial charge in [-0.25, -0.2) is 0 Å². The van der Waals surface area contributed by atoms with Crippen molar-refractivity contribution in [3.05, 3.63) is 57.0 Å². The van der Waals surface area contributed by atoms with Crippen LogP contribution in [0.15, 0.2) is 36.4 Å². The number of aliphatic carboxylic acids is 1. The summed E-state index contributed by atoms with van der Waals surface area (Å²) >= 11 is 0.969. The number of benzene rings is 1. The molecule has 0 bridgehead atoms. The van der Waals surface area contributed by atoms with Crippen molar-refractivity contribution in [1.82, 2.24) is 0 Å². The SMILES string of the molecule is CCCOc1ccc(CCC(=O)O)cc1NC(=O)/C=C/c1ccc([N+](=O)[O-])s1. The Morgan fingerprint density at radius 1 is 1.32 bits per heavy atom. The lowest BCUT2D eigenvalue weighted by molar-refractivity contribution is -0.380. The van der Waals surface area contributed by atoms with Crippen LogP contribution in [0.3, 0.4) is 0 Å². The summed E-state index contributed by atoms with van der Waals surface area (Å²) in [5.74, 6) is -0.827. The van der Waals surface area contributed by atoms with Crippen LogP contribution in [0.5, 0.6) is 5.75 Å². The first-order chi connectivity index (χ1) is 13.4. The molecule has 0 aliphatic heterocycles. The van der Waals surface area contributed by atoms with Crippen molar-refractivity contribution in [2.24, 2.45) is 0 Å². The van der Waals surface area contributed by atoms with Crippen molar-refractivity contribution < 1.29 is 24.4 Å². The molecule has 0 unspecified atom stereocenters. The Labute approximate surface area is 165 Å². The normalized spacial score (nSPS) is 10.8. The molecule has 1 heterocycles. The maximum Gasteiger partial charge on any atom is 0.324 e. The first-order valence-corrected chi connectivity index (χ1v) is 9.41. The van der Waals surface area contributed by atoms with E-state index in [0.717, 1.165) is 23.3 Å². The molecule has 0 saturated carbocycles. The number of nitrogens with zero attached hydrogens (tertiary/aromatic N) is 1. The van der Waals surface area contributed by atoms with E-state index in [-0.39, 0.29) is 11.4 Å². The summed E-state index contributed by atoms with van der Waals surface area (Å²) in [5.41, 5.74) is 1.21. The quantitative estimate of drug-likeness (QED) is 0.349. The molecule has 1 aromatic heterocycles. The van der Waals surface area contributed by atoms with Crippen molar-refractivity contribution in [3.63, 3.8) is 0 Å².